The number of nitrogens with two attached hydrogens (primary N) is 1. The predicted octanol–water partition coefficient (Wildman–Crippen LogP) is 10.3. The molecule has 5 N–H and O–H groups in total. The van der Waals surface area contributed by atoms with Gasteiger partial charge in [-0.25, -0.2) is 0 Å². The number of hydrogen-bond donors (Lipinski definition) is 4. The minimum Gasteiger partial charge on any atom is -0.508 e. The Balaban J connectivity index is 1.25. The van der Waals surface area contributed by atoms with E-state index in [4.69, 9.17) is 10.7 Å². The van der Waals surface area contributed by atoms with E-state index in [1.165, 1.54) is 0 Å². The molecule has 0 bridgehead atoms. The number of aromatic hydroxyl groups is 3. The maximum atomic E-state index is 10.0. The van der Waals surface area contributed by atoms with Crippen LogP contribution in [0.15, 0.2) is 170 Å². The molecule has 49 heavy (non-hydrogen) atoms. The molecule has 7 heteroatoms. The molecule has 0 radical (unpaired) electrons. The van der Waals surface area contributed by atoms with Gasteiger partial charge in [0.05, 0.1) is 0 Å². The zero-order valence-corrected chi connectivity index (χ0v) is 26.4. The predicted molar refractivity (Wildman–Crippen MR) is 196 cm³/mol. The minimum absolute atomic E-state index is 0.194. The summed E-state index contributed by atoms with van der Waals surface area (Å²) in [5, 5.41) is 29.5. The van der Waals surface area contributed by atoms with Gasteiger partial charge in [0, 0.05) is 34.1 Å². The molecular weight excluding hydrogens is 610 g/mol. The number of hydrogen-bond acceptors (Lipinski definition) is 7. The molecule has 0 atom stereocenters. The van der Waals surface area contributed by atoms with Gasteiger partial charge in [0.25, 0.3) is 0 Å². The highest BCUT2D eigenvalue weighted by atomic mass is 16.6. The van der Waals surface area contributed by atoms with Crippen molar-refractivity contribution >= 4 is 34.1 Å². The van der Waals surface area contributed by atoms with E-state index >= 15 is 0 Å². The Bertz CT molecular complexity index is 2130. The number of rotatable bonds is 9. The summed E-state index contributed by atoms with van der Waals surface area (Å²) in [6, 6.07) is 53.8. The Labute approximate surface area is 284 Å². The molecule has 0 unspecified atom stereocenters. The van der Waals surface area contributed by atoms with Gasteiger partial charge in [0.15, 0.2) is 0 Å². The van der Waals surface area contributed by atoms with Gasteiger partial charge in [-0.05, 0) is 144 Å². The molecule has 0 aliphatic rings. The van der Waals surface area contributed by atoms with Crippen LogP contribution in [0.3, 0.4) is 0 Å². The van der Waals surface area contributed by atoms with E-state index in [1.54, 1.807) is 36.4 Å². The summed E-state index contributed by atoms with van der Waals surface area (Å²) >= 11 is 0. The van der Waals surface area contributed by atoms with Crippen molar-refractivity contribution in [2.45, 2.75) is 0 Å². The van der Waals surface area contributed by atoms with E-state index in [-0.39, 0.29) is 17.2 Å². The topological polar surface area (TPSA) is 102 Å². The molecule has 0 saturated carbocycles. The van der Waals surface area contributed by atoms with Crippen molar-refractivity contribution in [1.29, 1.82) is 0 Å². The fraction of sp³-hybridized carbons (Fsp3) is 0. The van der Waals surface area contributed by atoms with E-state index in [2.05, 4.69) is 82.6 Å². The second-order valence-electron chi connectivity index (χ2n) is 11.5. The van der Waals surface area contributed by atoms with Crippen molar-refractivity contribution in [3.8, 4) is 45.3 Å². The molecule has 0 aliphatic heterocycles. The Hall–Kier alpha value is -6.70. The lowest BCUT2D eigenvalue weighted by Crippen LogP contribution is -2.12. The summed E-state index contributed by atoms with van der Waals surface area (Å²) < 4.78 is 0. The van der Waals surface area contributed by atoms with Crippen molar-refractivity contribution in [2.24, 2.45) is 5.90 Å². The summed E-state index contributed by atoms with van der Waals surface area (Å²) in [7, 11) is 0. The summed E-state index contributed by atoms with van der Waals surface area (Å²) in [5.41, 5.74) is 9.67. The first kappa shape index (κ1) is 30.9. The molecule has 0 amide bonds. The van der Waals surface area contributed by atoms with Gasteiger partial charge < -0.3 is 30.0 Å². The van der Waals surface area contributed by atoms with Crippen LogP contribution in [-0.2, 0) is 0 Å². The second-order valence-corrected chi connectivity index (χ2v) is 11.5. The highest BCUT2D eigenvalue weighted by Crippen LogP contribution is 2.40. The van der Waals surface area contributed by atoms with E-state index in [0.29, 0.717) is 5.75 Å². The van der Waals surface area contributed by atoms with Crippen LogP contribution in [0.2, 0.25) is 0 Å². The third-order valence-corrected chi connectivity index (χ3v) is 8.36. The van der Waals surface area contributed by atoms with Crippen LogP contribution in [0, 0.1) is 0 Å². The average molecular weight is 644 g/mol. The van der Waals surface area contributed by atoms with E-state index in [9.17, 15) is 15.3 Å². The molecule has 7 nitrogen and oxygen atoms in total. The van der Waals surface area contributed by atoms with E-state index < -0.39 is 0 Å². The molecule has 0 aliphatic carbocycles. The van der Waals surface area contributed by atoms with Gasteiger partial charge in [-0.3, -0.25) is 0 Å². The first-order valence-electron chi connectivity index (χ1n) is 15.7. The Morgan fingerprint density at radius 3 is 0.796 bits per heavy atom. The second kappa shape index (κ2) is 13.6. The fourth-order valence-electron chi connectivity index (χ4n) is 5.83. The van der Waals surface area contributed by atoms with Crippen LogP contribution in [0.4, 0.5) is 34.1 Å². The third kappa shape index (κ3) is 6.74. The summed E-state index contributed by atoms with van der Waals surface area (Å²) in [6.45, 7) is 0. The van der Waals surface area contributed by atoms with Crippen molar-refractivity contribution in [3.63, 3.8) is 0 Å². The largest absolute Gasteiger partial charge is 0.508 e. The molecule has 7 aromatic carbocycles. The van der Waals surface area contributed by atoms with Gasteiger partial charge in [-0.1, -0.05) is 48.5 Å². The number of benzene rings is 7. The SMILES string of the molecule is NOc1ccc(N(c2ccc(-c3ccc(O)cc3)cc2)c2ccc(N(c3ccc(O)cc3)c3ccc(-c4ccc(O)cc4)cc3)cc2)cc1. The zero-order chi connectivity index (χ0) is 33.7. The zero-order valence-electron chi connectivity index (χ0n) is 26.4. The lowest BCUT2D eigenvalue weighted by molar-refractivity contribution is 0.334. The maximum Gasteiger partial charge on any atom is 0.146 e. The highest BCUT2D eigenvalue weighted by molar-refractivity contribution is 5.83. The van der Waals surface area contributed by atoms with Crippen LogP contribution in [-0.4, -0.2) is 15.3 Å². The maximum absolute atomic E-state index is 10.0. The number of phenols is 3. The Morgan fingerprint density at radius 2 is 0.510 bits per heavy atom. The van der Waals surface area contributed by atoms with Gasteiger partial charge in [-0.15, -0.1) is 0 Å². The minimum atomic E-state index is 0.194. The first-order valence-corrected chi connectivity index (χ1v) is 15.7. The van der Waals surface area contributed by atoms with E-state index in [0.717, 1.165) is 56.4 Å². The summed E-state index contributed by atoms with van der Waals surface area (Å²) in [4.78, 5) is 9.22. The summed E-state index contributed by atoms with van der Waals surface area (Å²) in [5.74, 6) is 6.63. The van der Waals surface area contributed by atoms with Crippen molar-refractivity contribution in [3.05, 3.63) is 170 Å². The molecule has 240 valence electrons. The van der Waals surface area contributed by atoms with Crippen LogP contribution in [0.1, 0.15) is 0 Å². The summed E-state index contributed by atoms with van der Waals surface area (Å²) in [6.07, 6.45) is 0. The quantitative estimate of drug-likeness (QED) is 0.116. The van der Waals surface area contributed by atoms with Crippen molar-refractivity contribution < 1.29 is 20.2 Å². The number of anilines is 6. The fourth-order valence-corrected chi connectivity index (χ4v) is 5.83. The Morgan fingerprint density at radius 1 is 0.306 bits per heavy atom. The molecule has 7 rings (SSSR count). The lowest BCUT2D eigenvalue weighted by atomic mass is 10.0. The van der Waals surface area contributed by atoms with Gasteiger partial charge in [0.1, 0.15) is 23.0 Å². The van der Waals surface area contributed by atoms with Crippen molar-refractivity contribution in [2.75, 3.05) is 9.80 Å². The molecule has 0 fully saturated rings. The Kier molecular flexibility index (Phi) is 8.57. The molecule has 0 aromatic heterocycles. The molecule has 0 spiro atoms. The molecule has 0 saturated heterocycles. The normalized spacial score (nSPS) is 10.8. The van der Waals surface area contributed by atoms with Gasteiger partial charge >= 0.3 is 0 Å². The number of nitrogens with zero attached hydrogens (tertiary/aromatic N) is 2. The molecule has 0 heterocycles. The van der Waals surface area contributed by atoms with Crippen LogP contribution in [0.25, 0.3) is 22.3 Å². The third-order valence-electron chi connectivity index (χ3n) is 8.36. The lowest BCUT2D eigenvalue weighted by Gasteiger charge is -2.28. The van der Waals surface area contributed by atoms with E-state index in [1.807, 2.05) is 60.7 Å². The molecule has 7 aromatic rings. The van der Waals surface area contributed by atoms with Gasteiger partial charge in [0.2, 0.25) is 0 Å². The standard InChI is InChI=1S/C42H33N3O4/c43-49-42-27-19-38(20-28-42)45(34-11-3-30(4-12-34)32-7-23-40(47)24-8-32)36-15-13-35(14-16-36)44(37-17-25-41(48)26-18-37)33-9-1-29(2-10-33)31-5-21-39(46)22-6-31/h1-28,46-48H,43H2. The van der Waals surface area contributed by atoms with Crippen LogP contribution >= 0.6 is 0 Å². The highest BCUT2D eigenvalue weighted by Gasteiger charge is 2.17. The smallest absolute Gasteiger partial charge is 0.146 e. The first-order chi connectivity index (χ1) is 23.9. The monoisotopic (exact) mass is 643 g/mol. The number of phenolic OH excluding ortho intramolecular Hbond substituents is 3. The van der Waals surface area contributed by atoms with Gasteiger partial charge in [-0.2, -0.15) is 5.90 Å². The average Bonchev–Trinajstić information content (AvgIpc) is 3.15. The van der Waals surface area contributed by atoms with Crippen LogP contribution in [0.5, 0.6) is 23.0 Å². The van der Waals surface area contributed by atoms with Crippen LogP contribution < -0.4 is 20.5 Å². The molecular formula is C42H33N3O4. The van der Waals surface area contributed by atoms with Crippen molar-refractivity contribution in [1.82, 2.24) is 0 Å².